The molecule has 0 aromatic carbocycles. The van der Waals surface area contributed by atoms with Crippen molar-refractivity contribution in [3.05, 3.63) is 36.2 Å². The molecule has 0 saturated carbocycles. The minimum absolute atomic E-state index is 0.121. The molecule has 4 nitrogen and oxygen atoms in total. The maximum Gasteiger partial charge on any atom is 0.435 e. The highest BCUT2D eigenvalue weighted by molar-refractivity contribution is 5.29. The molecule has 0 aliphatic carbocycles. The molecule has 0 unspecified atom stereocenters. The maximum atomic E-state index is 12.3. The van der Waals surface area contributed by atoms with Gasteiger partial charge < -0.3 is 5.11 Å². The Balaban J connectivity index is 2.48. The van der Waals surface area contributed by atoms with Crippen molar-refractivity contribution < 1.29 is 18.3 Å². The van der Waals surface area contributed by atoms with Crippen LogP contribution >= 0.6 is 0 Å². The summed E-state index contributed by atoms with van der Waals surface area (Å²) >= 11 is 0. The van der Waals surface area contributed by atoms with Crippen molar-refractivity contribution >= 4 is 0 Å². The third kappa shape index (κ3) is 1.83. The molecule has 0 radical (unpaired) electrons. The van der Waals surface area contributed by atoms with E-state index >= 15 is 0 Å². The Morgan fingerprint density at radius 1 is 1.25 bits per heavy atom. The van der Waals surface area contributed by atoms with Crippen molar-refractivity contribution in [3.8, 4) is 11.7 Å². The van der Waals surface area contributed by atoms with Crippen LogP contribution in [-0.2, 0) is 6.18 Å². The van der Waals surface area contributed by atoms with Gasteiger partial charge in [0, 0.05) is 12.3 Å². The number of alkyl halides is 3. The van der Waals surface area contributed by atoms with E-state index in [1.54, 1.807) is 12.1 Å². The Bertz CT molecular complexity index is 492. The molecular formula is C9H6F3N3O. The molecule has 2 rings (SSSR count). The van der Waals surface area contributed by atoms with Gasteiger partial charge in [-0.2, -0.15) is 23.0 Å². The SMILES string of the molecule is Oc1cc(C(F)(F)F)nn1-c1ccccn1. The Morgan fingerprint density at radius 2 is 2.00 bits per heavy atom. The lowest BCUT2D eigenvalue weighted by Gasteiger charge is -2.01. The van der Waals surface area contributed by atoms with Crippen molar-refractivity contribution in [1.29, 1.82) is 0 Å². The molecule has 0 spiro atoms. The lowest BCUT2D eigenvalue weighted by atomic mass is 10.4. The van der Waals surface area contributed by atoms with Gasteiger partial charge in [-0.1, -0.05) is 6.07 Å². The number of hydrogen-bond donors (Lipinski definition) is 1. The van der Waals surface area contributed by atoms with Crippen LogP contribution in [0.4, 0.5) is 13.2 Å². The van der Waals surface area contributed by atoms with E-state index in [9.17, 15) is 18.3 Å². The van der Waals surface area contributed by atoms with E-state index in [0.29, 0.717) is 6.07 Å². The minimum atomic E-state index is -4.59. The third-order valence-corrected chi connectivity index (χ3v) is 1.85. The van der Waals surface area contributed by atoms with Crippen LogP contribution in [-0.4, -0.2) is 19.9 Å². The first-order chi connectivity index (χ1) is 7.48. The number of rotatable bonds is 1. The van der Waals surface area contributed by atoms with Gasteiger partial charge in [-0.05, 0) is 12.1 Å². The van der Waals surface area contributed by atoms with E-state index in [0.717, 1.165) is 4.68 Å². The first-order valence-corrected chi connectivity index (χ1v) is 4.26. The Hall–Kier alpha value is -2.05. The lowest BCUT2D eigenvalue weighted by Crippen LogP contribution is -2.07. The molecule has 0 amide bonds. The quantitative estimate of drug-likeness (QED) is 0.813. The molecule has 16 heavy (non-hydrogen) atoms. The van der Waals surface area contributed by atoms with Gasteiger partial charge in [0.15, 0.2) is 11.5 Å². The van der Waals surface area contributed by atoms with Crippen LogP contribution in [0.2, 0.25) is 0 Å². The Labute approximate surface area is 88.0 Å². The zero-order valence-corrected chi connectivity index (χ0v) is 7.81. The molecule has 0 atom stereocenters. The van der Waals surface area contributed by atoms with Gasteiger partial charge in [0.1, 0.15) is 0 Å². The molecule has 0 bridgehead atoms. The molecule has 2 aromatic heterocycles. The molecule has 84 valence electrons. The number of aromatic hydroxyl groups is 1. The summed E-state index contributed by atoms with van der Waals surface area (Å²) in [5.41, 5.74) is -1.16. The normalized spacial score (nSPS) is 11.7. The second kappa shape index (κ2) is 3.51. The van der Waals surface area contributed by atoms with Crippen LogP contribution < -0.4 is 0 Å². The molecular weight excluding hydrogens is 223 g/mol. The van der Waals surface area contributed by atoms with Crippen molar-refractivity contribution in [1.82, 2.24) is 14.8 Å². The van der Waals surface area contributed by atoms with Gasteiger partial charge in [-0.3, -0.25) is 0 Å². The van der Waals surface area contributed by atoms with E-state index < -0.39 is 17.8 Å². The summed E-state index contributed by atoms with van der Waals surface area (Å²) in [5, 5.41) is 12.5. The second-order valence-corrected chi connectivity index (χ2v) is 2.99. The predicted molar refractivity (Wildman–Crippen MR) is 48.0 cm³/mol. The smallest absolute Gasteiger partial charge is 0.435 e. The van der Waals surface area contributed by atoms with Crippen molar-refractivity contribution in [3.63, 3.8) is 0 Å². The van der Waals surface area contributed by atoms with E-state index in [-0.39, 0.29) is 5.82 Å². The van der Waals surface area contributed by atoms with Crippen LogP contribution in [0, 0.1) is 0 Å². The van der Waals surface area contributed by atoms with Crippen LogP contribution in [0.15, 0.2) is 30.5 Å². The van der Waals surface area contributed by atoms with Gasteiger partial charge in [0.2, 0.25) is 5.88 Å². The first-order valence-electron chi connectivity index (χ1n) is 4.26. The molecule has 0 aliphatic heterocycles. The number of pyridine rings is 1. The second-order valence-electron chi connectivity index (χ2n) is 2.99. The predicted octanol–water partition coefficient (Wildman–Crippen LogP) is 1.99. The van der Waals surface area contributed by atoms with E-state index in [2.05, 4.69) is 10.1 Å². The highest BCUT2D eigenvalue weighted by Gasteiger charge is 2.35. The number of nitrogens with zero attached hydrogens (tertiary/aromatic N) is 3. The fraction of sp³-hybridized carbons (Fsp3) is 0.111. The van der Waals surface area contributed by atoms with Crippen LogP contribution in [0.3, 0.4) is 0 Å². The van der Waals surface area contributed by atoms with Crippen LogP contribution in [0.25, 0.3) is 5.82 Å². The topological polar surface area (TPSA) is 50.9 Å². The lowest BCUT2D eigenvalue weighted by molar-refractivity contribution is -0.141. The Morgan fingerprint density at radius 3 is 2.50 bits per heavy atom. The van der Waals surface area contributed by atoms with Crippen LogP contribution in [0.5, 0.6) is 5.88 Å². The zero-order valence-electron chi connectivity index (χ0n) is 7.81. The summed E-state index contributed by atoms with van der Waals surface area (Å²) in [7, 11) is 0. The monoisotopic (exact) mass is 229 g/mol. The molecule has 0 aliphatic rings. The fourth-order valence-electron chi connectivity index (χ4n) is 1.16. The fourth-order valence-corrected chi connectivity index (χ4v) is 1.16. The van der Waals surface area contributed by atoms with E-state index in [1.165, 1.54) is 12.3 Å². The summed E-state index contributed by atoms with van der Waals surface area (Å²) in [6.45, 7) is 0. The summed E-state index contributed by atoms with van der Waals surface area (Å²) < 4.78 is 37.6. The Kier molecular flexibility index (Phi) is 2.30. The highest BCUT2D eigenvalue weighted by atomic mass is 19.4. The average molecular weight is 229 g/mol. The van der Waals surface area contributed by atoms with Gasteiger partial charge in [-0.15, -0.1) is 0 Å². The summed E-state index contributed by atoms with van der Waals surface area (Å²) in [6, 6.07) is 5.17. The summed E-state index contributed by atoms with van der Waals surface area (Å²) in [4.78, 5) is 3.78. The first kappa shape index (κ1) is 10.5. The standard InChI is InChI=1S/C9H6F3N3O/c10-9(11,12)6-5-8(16)15(14-6)7-3-1-2-4-13-7/h1-5,16H. The highest BCUT2D eigenvalue weighted by Crippen LogP contribution is 2.31. The summed E-state index contributed by atoms with van der Waals surface area (Å²) in [6.07, 6.45) is -3.19. The molecule has 7 heteroatoms. The van der Waals surface area contributed by atoms with Crippen molar-refractivity contribution in [2.45, 2.75) is 6.18 Å². The summed E-state index contributed by atoms with van der Waals surface area (Å²) in [5.74, 6) is -0.485. The molecule has 0 saturated heterocycles. The van der Waals surface area contributed by atoms with Crippen molar-refractivity contribution in [2.24, 2.45) is 0 Å². The largest absolute Gasteiger partial charge is 0.493 e. The van der Waals surface area contributed by atoms with Gasteiger partial charge in [-0.25, -0.2) is 4.98 Å². The van der Waals surface area contributed by atoms with E-state index in [1.807, 2.05) is 0 Å². The maximum absolute atomic E-state index is 12.3. The number of aromatic nitrogens is 3. The van der Waals surface area contributed by atoms with Gasteiger partial charge in [0.25, 0.3) is 0 Å². The number of halogens is 3. The molecule has 0 fully saturated rings. The van der Waals surface area contributed by atoms with Gasteiger partial charge in [0.05, 0.1) is 0 Å². The zero-order chi connectivity index (χ0) is 11.8. The van der Waals surface area contributed by atoms with Crippen molar-refractivity contribution in [2.75, 3.05) is 0 Å². The third-order valence-electron chi connectivity index (χ3n) is 1.85. The van der Waals surface area contributed by atoms with E-state index in [4.69, 9.17) is 0 Å². The molecule has 2 heterocycles. The van der Waals surface area contributed by atoms with Gasteiger partial charge >= 0.3 is 6.18 Å². The van der Waals surface area contributed by atoms with Crippen LogP contribution in [0.1, 0.15) is 5.69 Å². The molecule has 2 aromatic rings. The molecule has 1 N–H and O–H groups in total. The average Bonchev–Trinajstić information content (AvgIpc) is 2.61. The minimum Gasteiger partial charge on any atom is -0.493 e. The number of hydrogen-bond acceptors (Lipinski definition) is 3.